The van der Waals surface area contributed by atoms with E-state index in [9.17, 15) is 0 Å². The number of hydrogen-bond donors (Lipinski definition) is 0. The number of ether oxygens (including phenoxy) is 1. The van der Waals surface area contributed by atoms with E-state index in [-0.39, 0.29) is 0 Å². The summed E-state index contributed by atoms with van der Waals surface area (Å²) in [7, 11) is -7.67. The van der Waals surface area contributed by atoms with Gasteiger partial charge in [0, 0.05) is 13.2 Å². The molecule has 23 heavy (non-hydrogen) atoms. The van der Waals surface area contributed by atoms with Crippen LogP contribution >= 0.6 is 0 Å². The summed E-state index contributed by atoms with van der Waals surface area (Å²) in [6, 6.07) is 0.979. The second kappa shape index (κ2) is 9.42. The average molecular weight is 397 g/mol. The molecule has 0 aliphatic heterocycles. The largest absolute Gasteiger partial charge is 0.437 e. The molecule has 0 fully saturated rings. The van der Waals surface area contributed by atoms with Crippen LogP contribution in [0.2, 0.25) is 65.0 Å². The van der Waals surface area contributed by atoms with Crippen LogP contribution in [0.15, 0.2) is 0 Å². The molecule has 0 heterocycles. The maximum absolute atomic E-state index is 6.63. The Labute approximate surface area is 149 Å². The van der Waals surface area contributed by atoms with Crippen molar-refractivity contribution in [2.24, 2.45) is 0 Å². The highest BCUT2D eigenvalue weighted by atomic mass is 28.5. The lowest BCUT2D eigenvalue weighted by Gasteiger charge is -2.41. The lowest BCUT2D eigenvalue weighted by Crippen LogP contribution is -2.56. The fourth-order valence-corrected chi connectivity index (χ4v) is 20.7. The molecular weight excluding hydrogens is 357 g/mol. The summed E-state index contributed by atoms with van der Waals surface area (Å²) in [4.78, 5) is 0. The van der Waals surface area contributed by atoms with Crippen molar-refractivity contribution < 1.29 is 17.1 Å². The molecule has 1 unspecified atom stereocenters. The molecule has 0 amide bonds. The molecule has 1 atom stereocenters. The van der Waals surface area contributed by atoms with Crippen LogP contribution in [-0.4, -0.2) is 47.0 Å². The van der Waals surface area contributed by atoms with E-state index in [1.54, 1.807) is 0 Å². The Hall–Kier alpha value is 0.708. The summed E-state index contributed by atoms with van der Waals surface area (Å²) >= 11 is 0. The zero-order valence-corrected chi connectivity index (χ0v) is 21.2. The van der Waals surface area contributed by atoms with Crippen LogP contribution in [0.1, 0.15) is 19.8 Å². The van der Waals surface area contributed by atoms with E-state index in [4.69, 9.17) is 17.1 Å². The van der Waals surface area contributed by atoms with E-state index in [1.807, 2.05) is 0 Å². The first-order valence-corrected chi connectivity index (χ1v) is 21.0. The predicted molar refractivity (Wildman–Crippen MR) is 110 cm³/mol. The Balaban J connectivity index is 4.84. The summed E-state index contributed by atoms with van der Waals surface area (Å²) < 4.78 is 25.2. The molecule has 0 aliphatic rings. The van der Waals surface area contributed by atoms with Crippen LogP contribution in [0.4, 0.5) is 0 Å². The molecule has 0 aromatic heterocycles. The van der Waals surface area contributed by atoms with Gasteiger partial charge < -0.3 is 17.1 Å². The molecule has 140 valence electrons. The Morgan fingerprint density at radius 3 is 1.61 bits per heavy atom. The first-order chi connectivity index (χ1) is 10.2. The van der Waals surface area contributed by atoms with Gasteiger partial charge >= 0.3 is 17.1 Å². The van der Waals surface area contributed by atoms with Crippen molar-refractivity contribution >= 4 is 33.8 Å². The van der Waals surface area contributed by atoms with Gasteiger partial charge in [0.25, 0.3) is 0 Å². The maximum atomic E-state index is 6.63. The molecule has 0 saturated carbocycles. The summed E-state index contributed by atoms with van der Waals surface area (Å²) in [5.74, 6) is 0. The van der Waals surface area contributed by atoms with Crippen molar-refractivity contribution in [2.75, 3.05) is 13.2 Å². The average Bonchev–Trinajstić information content (AvgIpc) is 2.20. The molecule has 0 N–H and O–H groups in total. The van der Waals surface area contributed by atoms with E-state index in [0.717, 1.165) is 32.1 Å². The minimum Gasteiger partial charge on any atom is -0.437 e. The van der Waals surface area contributed by atoms with Crippen LogP contribution in [0.5, 0.6) is 0 Å². The molecule has 0 aromatic carbocycles. The lowest BCUT2D eigenvalue weighted by molar-refractivity contribution is 0.133. The van der Waals surface area contributed by atoms with Gasteiger partial charge in [0.15, 0.2) is 16.6 Å². The highest BCUT2D eigenvalue weighted by molar-refractivity contribution is 6.89. The second-order valence-electron chi connectivity index (χ2n) is 8.78. The van der Waals surface area contributed by atoms with Gasteiger partial charge in [-0.25, -0.2) is 0 Å². The molecular formula is C15H40O4Si4. The van der Waals surface area contributed by atoms with Crippen LogP contribution in [0.25, 0.3) is 0 Å². The molecule has 0 radical (unpaired) electrons. The van der Waals surface area contributed by atoms with Gasteiger partial charge in [0.2, 0.25) is 0 Å². The van der Waals surface area contributed by atoms with Crippen LogP contribution in [0.3, 0.4) is 0 Å². The van der Waals surface area contributed by atoms with Gasteiger partial charge in [-0.15, -0.1) is 0 Å². The monoisotopic (exact) mass is 396 g/mol. The topological polar surface area (TPSA) is 36.9 Å². The Morgan fingerprint density at radius 2 is 1.17 bits per heavy atom. The maximum Gasteiger partial charge on any atom is 0.315 e. The van der Waals surface area contributed by atoms with Crippen LogP contribution in [0, 0.1) is 0 Å². The predicted octanol–water partition coefficient (Wildman–Crippen LogP) is 5.30. The summed E-state index contributed by atoms with van der Waals surface area (Å²) in [6.45, 7) is 23.7. The summed E-state index contributed by atoms with van der Waals surface area (Å²) in [5, 5.41) is 0. The molecule has 0 saturated heterocycles. The first kappa shape index (κ1) is 23.7. The van der Waals surface area contributed by atoms with Crippen molar-refractivity contribution in [1.29, 1.82) is 0 Å². The highest BCUT2D eigenvalue weighted by Crippen LogP contribution is 2.27. The summed E-state index contributed by atoms with van der Waals surface area (Å²) in [5.41, 5.74) is 0. The third kappa shape index (κ3) is 13.7. The first-order valence-electron chi connectivity index (χ1n) is 8.86. The smallest absolute Gasteiger partial charge is 0.315 e. The van der Waals surface area contributed by atoms with Crippen molar-refractivity contribution in [3.05, 3.63) is 0 Å². The van der Waals surface area contributed by atoms with E-state index in [0.29, 0.717) is 0 Å². The van der Waals surface area contributed by atoms with Gasteiger partial charge in [0.1, 0.15) is 0 Å². The Morgan fingerprint density at radius 1 is 0.652 bits per heavy atom. The minimum absolute atomic E-state index is 0.797. The Kier molecular flexibility index (Phi) is 9.71. The minimum atomic E-state index is -2.24. The molecule has 4 nitrogen and oxygen atoms in total. The standard InChI is InChI=1S/C15H40O4Si4/c1-11-13-16-14-12-15-23(10,18-21(5,6)7)19-22(8,9)17-20(2,3)4/h11-15H2,1-10H3. The molecule has 0 aliphatic carbocycles. The highest BCUT2D eigenvalue weighted by Gasteiger charge is 2.44. The van der Waals surface area contributed by atoms with Crippen molar-refractivity contribution in [2.45, 2.75) is 84.7 Å². The normalized spacial score (nSPS) is 16.4. The van der Waals surface area contributed by atoms with Crippen molar-refractivity contribution in [3.63, 3.8) is 0 Å². The van der Waals surface area contributed by atoms with Crippen LogP contribution in [-0.2, 0) is 17.1 Å². The second-order valence-corrected chi connectivity index (χ2v) is 25.2. The van der Waals surface area contributed by atoms with E-state index in [2.05, 4.69) is 65.8 Å². The lowest BCUT2D eigenvalue weighted by atomic mass is 10.5. The third-order valence-electron chi connectivity index (χ3n) is 2.80. The van der Waals surface area contributed by atoms with E-state index in [1.165, 1.54) is 0 Å². The zero-order valence-electron chi connectivity index (χ0n) is 17.2. The fraction of sp³-hybridized carbons (Fsp3) is 1.00. The number of rotatable bonds is 12. The van der Waals surface area contributed by atoms with Crippen molar-refractivity contribution in [3.8, 4) is 0 Å². The molecule has 0 rings (SSSR count). The molecule has 0 bridgehead atoms. The Bertz CT molecular complexity index is 339. The SMILES string of the molecule is CCCOCCC[Si](C)(O[Si](C)(C)C)O[Si](C)(C)O[Si](C)(C)C. The van der Waals surface area contributed by atoms with Crippen molar-refractivity contribution in [1.82, 2.24) is 0 Å². The zero-order chi connectivity index (χ0) is 18.4. The van der Waals surface area contributed by atoms with E-state index < -0.39 is 33.8 Å². The van der Waals surface area contributed by atoms with Gasteiger partial charge in [-0.3, -0.25) is 0 Å². The van der Waals surface area contributed by atoms with Gasteiger partial charge in [-0.1, -0.05) is 6.92 Å². The third-order valence-corrected chi connectivity index (χ3v) is 16.4. The van der Waals surface area contributed by atoms with Gasteiger partial charge in [-0.2, -0.15) is 0 Å². The molecule has 8 heteroatoms. The van der Waals surface area contributed by atoms with Gasteiger partial charge in [-0.05, 0) is 77.8 Å². The van der Waals surface area contributed by atoms with E-state index >= 15 is 0 Å². The fourth-order valence-electron chi connectivity index (χ4n) is 2.79. The quantitative estimate of drug-likeness (QED) is 0.331. The summed E-state index contributed by atoms with van der Waals surface area (Å²) in [6.07, 6.45) is 2.07. The van der Waals surface area contributed by atoms with Crippen LogP contribution < -0.4 is 0 Å². The number of hydrogen-bond acceptors (Lipinski definition) is 4. The molecule has 0 aromatic rings. The van der Waals surface area contributed by atoms with Gasteiger partial charge in [0.05, 0.1) is 0 Å². The molecule has 0 spiro atoms.